The first-order valence-corrected chi connectivity index (χ1v) is 4.89. The second-order valence-electron chi connectivity index (χ2n) is 3.92. The van der Waals surface area contributed by atoms with Crippen molar-refractivity contribution < 1.29 is 9.90 Å². The van der Waals surface area contributed by atoms with Gasteiger partial charge in [0.05, 0.1) is 0 Å². The predicted octanol–water partition coefficient (Wildman–Crippen LogP) is 1.23. The highest BCUT2D eigenvalue weighted by atomic mass is 16.4. The fourth-order valence-electron chi connectivity index (χ4n) is 2.07. The standard InChI is InChI=1S/C10H14N2O2/c1-7-6-11-9-4-8(5-10(13)14)2-3-12(7)9/h6,8H,2-5H2,1H3,(H,13,14). The van der Waals surface area contributed by atoms with Crippen molar-refractivity contribution in [3.05, 3.63) is 17.7 Å². The van der Waals surface area contributed by atoms with Crippen LogP contribution in [0.3, 0.4) is 0 Å². The largest absolute Gasteiger partial charge is 0.481 e. The van der Waals surface area contributed by atoms with Crippen LogP contribution in [0.2, 0.25) is 0 Å². The van der Waals surface area contributed by atoms with Crippen molar-refractivity contribution in [3.63, 3.8) is 0 Å². The average molecular weight is 194 g/mol. The highest BCUT2D eigenvalue weighted by Gasteiger charge is 2.22. The summed E-state index contributed by atoms with van der Waals surface area (Å²) in [6.45, 7) is 2.95. The number of aliphatic carboxylic acids is 1. The van der Waals surface area contributed by atoms with E-state index in [1.54, 1.807) is 0 Å². The predicted molar refractivity (Wildman–Crippen MR) is 51.0 cm³/mol. The van der Waals surface area contributed by atoms with E-state index in [1.807, 2.05) is 13.1 Å². The summed E-state index contributed by atoms with van der Waals surface area (Å²) >= 11 is 0. The van der Waals surface area contributed by atoms with Gasteiger partial charge in [-0.3, -0.25) is 4.79 Å². The van der Waals surface area contributed by atoms with Crippen LogP contribution >= 0.6 is 0 Å². The fraction of sp³-hybridized carbons (Fsp3) is 0.600. The normalized spacial score (nSPS) is 20.5. The van der Waals surface area contributed by atoms with Gasteiger partial charge in [-0.2, -0.15) is 0 Å². The van der Waals surface area contributed by atoms with Crippen molar-refractivity contribution >= 4 is 5.97 Å². The lowest BCUT2D eigenvalue weighted by Crippen LogP contribution is -2.22. The van der Waals surface area contributed by atoms with Crippen LogP contribution in [0.15, 0.2) is 6.20 Å². The first-order chi connectivity index (χ1) is 6.66. The Bertz CT molecular complexity index is 357. The molecule has 0 saturated carbocycles. The van der Waals surface area contributed by atoms with E-state index in [0.29, 0.717) is 0 Å². The zero-order valence-electron chi connectivity index (χ0n) is 8.23. The molecule has 2 heterocycles. The summed E-state index contributed by atoms with van der Waals surface area (Å²) in [5.41, 5.74) is 1.17. The summed E-state index contributed by atoms with van der Waals surface area (Å²) in [5, 5.41) is 8.69. The first-order valence-electron chi connectivity index (χ1n) is 4.89. The smallest absolute Gasteiger partial charge is 0.303 e. The van der Waals surface area contributed by atoms with Crippen molar-refractivity contribution in [3.8, 4) is 0 Å². The number of hydrogen-bond donors (Lipinski definition) is 1. The monoisotopic (exact) mass is 194 g/mol. The Hall–Kier alpha value is -1.32. The number of aromatic nitrogens is 2. The molecule has 14 heavy (non-hydrogen) atoms. The maximum Gasteiger partial charge on any atom is 0.303 e. The Morgan fingerprint density at radius 3 is 3.29 bits per heavy atom. The van der Waals surface area contributed by atoms with Crippen molar-refractivity contribution in [1.29, 1.82) is 0 Å². The maximum absolute atomic E-state index is 10.6. The van der Waals surface area contributed by atoms with Crippen LogP contribution in [-0.4, -0.2) is 20.6 Å². The van der Waals surface area contributed by atoms with Gasteiger partial charge in [0.1, 0.15) is 5.82 Å². The number of carboxylic acid groups (broad SMARTS) is 1. The van der Waals surface area contributed by atoms with Gasteiger partial charge >= 0.3 is 5.97 Å². The topological polar surface area (TPSA) is 55.1 Å². The summed E-state index contributed by atoms with van der Waals surface area (Å²) in [4.78, 5) is 14.8. The molecule has 1 N–H and O–H groups in total. The second-order valence-corrected chi connectivity index (χ2v) is 3.92. The number of hydrogen-bond acceptors (Lipinski definition) is 2. The molecule has 1 aromatic heterocycles. The molecule has 0 aliphatic carbocycles. The number of fused-ring (bicyclic) bond motifs is 1. The van der Waals surface area contributed by atoms with Gasteiger partial charge in [0.2, 0.25) is 0 Å². The first kappa shape index (κ1) is 9.24. The minimum atomic E-state index is -0.702. The van der Waals surface area contributed by atoms with Crippen molar-refractivity contribution in [1.82, 2.24) is 9.55 Å². The van der Waals surface area contributed by atoms with Crippen LogP contribution < -0.4 is 0 Å². The van der Waals surface area contributed by atoms with Gasteiger partial charge < -0.3 is 9.67 Å². The van der Waals surface area contributed by atoms with Gasteiger partial charge in [-0.25, -0.2) is 4.98 Å². The summed E-state index contributed by atoms with van der Waals surface area (Å²) in [6, 6.07) is 0. The molecule has 4 heteroatoms. The number of aryl methyl sites for hydroxylation is 1. The molecule has 0 fully saturated rings. The molecule has 0 aromatic carbocycles. The lowest BCUT2D eigenvalue weighted by atomic mass is 9.94. The number of rotatable bonds is 2. The molecule has 0 amide bonds. The van der Waals surface area contributed by atoms with Crippen LogP contribution in [0.4, 0.5) is 0 Å². The Morgan fingerprint density at radius 2 is 2.57 bits per heavy atom. The zero-order valence-corrected chi connectivity index (χ0v) is 8.23. The van der Waals surface area contributed by atoms with Gasteiger partial charge in [0.25, 0.3) is 0 Å². The number of carbonyl (C=O) groups is 1. The highest BCUT2D eigenvalue weighted by molar-refractivity contribution is 5.67. The second kappa shape index (κ2) is 3.44. The Balaban J connectivity index is 2.10. The third kappa shape index (κ3) is 1.64. The fourth-order valence-corrected chi connectivity index (χ4v) is 2.07. The van der Waals surface area contributed by atoms with E-state index in [-0.39, 0.29) is 12.3 Å². The zero-order chi connectivity index (χ0) is 10.1. The van der Waals surface area contributed by atoms with Gasteiger partial charge in [-0.05, 0) is 19.3 Å². The summed E-state index contributed by atoms with van der Waals surface area (Å²) in [5.74, 6) is 0.605. The molecule has 0 saturated heterocycles. The van der Waals surface area contributed by atoms with E-state index in [4.69, 9.17) is 5.11 Å². The number of nitrogens with zero attached hydrogens (tertiary/aromatic N) is 2. The van der Waals surface area contributed by atoms with Gasteiger partial charge in [0, 0.05) is 31.3 Å². The molecular weight excluding hydrogens is 180 g/mol. The van der Waals surface area contributed by atoms with Gasteiger partial charge in [-0.1, -0.05) is 0 Å². The molecule has 0 spiro atoms. The molecule has 4 nitrogen and oxygen atoms in total. The molecule has 1 atom stereocenters. The van der Waals surface area contributed by atoms with E-state index in [2.05, 4.69) is 9.55 Å². The van der Waals surface area contributed by atoms with E-state index >= 15 is 0 Å². The molecule has 0 bridgehead atoms. The summed E-state index contributed by atoms with van der Waals surface area (Å²) < 4.78 is 2.18. The maximum atomic E-state index is 10.6. The van der Waals surface area contributed by atoms with Crippen LogP contribution in [0.25, 0.3) is 0 Å². The molecule has 1 aliphatic heterocycles. The minimum absolute atomic E-state index is 0.266. The minimum Gasteiger partial charge on any atom is -0.481 e. The molecule has 1 unspecified atom stereocenters. The molecule has 1 aromatic rings. The quantitative estimate of drug-likeness (QED) is 0.770. The molecular formula is C10H14N2O2. The average Bonchev–Trinajstić information content (AvgIpc) is 2.46. The van der Waals surface area contributed by atoms with Crippen molar-refractivity contribution in [2.45, 2.75) is 32.7 Å². The lowest BCUT2D eigenvalue weighted by molar-refractivity contribution is -0.138. The van der Waals surface area contributed by atoms with Crippen molar-refractivity contribution in [2.24, 2.45) is 5.92 Å². The van der Waals surface area contributed by atoms with Crippen LogP contribution in [-0.2, 0) is 17.8 Å². The molecule has 2 rings (SSSR count). The Labute approximate surface area is 82.6 Å². The molecule has 1 aliphatic rings. The van der Waals surface area contributed by atoms with Crippen LogP contribution in [0.1, 0.15) is 24.4 Å². The summed E-state index contributed by atoms with van der Waals surface area (Å²) in [6.07, 6.45) is 3.89. The Kier molecular flexibility index (Phi) is 2.27. The third-order valence-electron chi connectivity index (χ3n) is 2.83. The number of carboxylic acids is 1. The molecule has 0 radical (unpaired) electrons. The van der Waals surface area contributed by atoms with Gasteiger partial charge in [0.15, 0.2) is 0 Å². The summed E-state index contributed by atoms with van der Waals surface area (Å²) in [7, 11) is 0. The number of imidazole rings is 1. The lowest BCUT2D eigenvalue weighted by Gasteiger charge is -2.22. The SMILES string of the molecule is Cc1cnc2n1CCC(CC(=O)O)C2. The third-order valence-corrected chi connectivity index (χ3v) is 2.83. The van der Waals surface area contributed by atoms with Gasteiger partial charge in [-0.15, -0.1) is 0 Å². The van der Waals surface area contributed by atoms with E-state index in [0.717, 1.165) is 25.2 Å². The van der Waals surface area contributed by atoms with E-state index < -0.39 is 5.97 Å². The van der Waals surface area contributed by atoms with Crippen LogP contribution in [0.5, 0.6) is 0 Å². The van der Waals surface area contributed by atoms with Crippen LogP contribution in [0, 0.1) is 12.8 Å². The van der Waals surface area contributed by atoms with E-state index in [1.165, 1.54) is 5.69 Å². The highest BCUT2D eigenvalue weighted by Crippen LogP contribution is 2.23. The van der Waals surface area contributed by atoms with Crippen molar-refractivity contribution in [2.75, 3.05) is 0 Å². The van der Waals surface area contributed by atoms with E-state index in [9.17, 15) is 4.79 Å². The Morgan fingerprint density at radius 1 is 1.79 bits per heavy atom. The molecule has 76 valence electrons.